The van der Waals surface area contributed by atoms with Crippen molar-refractivity contribution in [3.05, 3.63) is 29.3 Å². The Balaban J connectivity index is 2.28. The number of halogens is 2. The van der Waals surface area contributed by atoms with Crippen molar-refractivity contribution >= 4 is 12.6 Å². The molecule has 0 radical (unpaired) electrons. The quantitative estimate of drug-likeness (QED) is 0.793. The fourth-order valence-corrected chi connectivity index (χ4v) is 2.31. The summed E-state index contributed by atoms with van der Waals surface area (Å²) < 4.78 is 37.0. The van der Waals surface area contributed by atoms with Gasteiger partial charge in [0.25, 0.3) is 0 Å². The number of benzene rings is 1. The third kappa shape index (κ3) is 3.04. The number of hydrogen-bond donors (Lipinski definition) is 0. The molecule has 1 heterocycles. The van der Waals surface area contributed by atoms with Crippen LogP contribution in [0.4, 0.5) is 8.78 Å². The van der Waals surface area contributed by atoms with Gasteiger partial charge in [0, 0.05) is 6.42 Å². The van der Waals surface area contributed by atoms with Gasteiger partial charge in [-0.2, -0.15) is 0 Å². The first kappa shape index (κ1) is 15.5. The highest BCUT2D eigenvalue weighted by molar-refractivity contribution is 6.62. The van der Waals surface area contributed by atoms with Crippen molar-refractivity contribution in [1.82, 2.24) is 0 Å². The van der Waals surface area contributed by atoms with E-state index in [2.05, 4.69) is 0 Å². The molecule has 1 saturated heterocycles. The SMILES string of the molecule is Cc1cc(CC(F)F)cc(B2OC(C)(C)C(C)(C)O2)c1. The van der Waals surface area contributed by atoms with Gasteiger partial charge in [-0.3, -0.25) is 0 Å². The van der Waals surface area contributed by atoms with E-state index in [0.717, 1.165) is 11.0 Å². The highest BCUT2D eigenvalue weighted by Gasteiger charge is 2.51. The zero-order valence-electron chi connectivity index (χ0n) is 12.7. The van der Waals surface area contributed by atoms with Crippen LogP contribution in [0.5, 0.6) is 0 Å². The fourth-order valence-electron chi connectivity index (χ4n) is 2.31. The van der Waals surface area contributed by atoms with Gasteiger partial charge in [0.1, 0.15) is 0 Å². The summed E-state index contributed by atoms with van der Waals surface area (Å²) in [4.78, 5) is 0. The van der Waals surface area contributed by atoms with Crippen molar-refractivity contribution in [3.8, 4) is 0 Å². The average Bonchev–Trinajstić information content (AvgIpc) is 2.46. The van der Waals surface area contributed by atoms with Crippen molar-refractivity contribution in [3.63, 3.8) is 0 Å². The van der Waals surface area contributed by atoms with Crippen molar-refractivity contribution in [2.75, 3.05) is 0 Å². The predicted molar refractivity (Wildman–Crippen MR) is 76.6 cm³/mol. The van der Waals surface area contributed by atoms with E-state index >= 15 is 0 Å². The standard InChI is InChI=1S/C15H21BF2O2/c1-10-6-11(9-13(17)18)8-12(7-10)16-19-14(2,3)15(4,5)20-16/h6-8,13H,9H2,1-5H3. The van der Waals surface area contributed by atoms with E-state index in [4.69, 9.17) is 9.31 Å². The molecule has 0 saturated carbocycles. The summed E-state index contributed by atoms with van der Waals surface area (Å²) in [7, 11) is -0.503. The molecule has 1 aliphatic rings. The molecule has 0 unspecified atom stereocenters. The summed E-state index contributed by atoms with van der Waals surface area (Å²) in [5.41, 5.74) is 1.51. The summed E-state index contributed by atoms with van der Waals surface area (Å²) in [6, 6.07) is 5.46. The van der Waals surface area contributed by atoms with Crippen molar-refractivity contribution in [1.29, 1.82) is 0 Å². The minimum Gasteiger partial charge on any atom is -0.399 e. The zero-order chi connectivity index (χ0) is 15.1. The van der Waals surface area contributed by atoms with Crippen LogP contribution >= 0.6 is 0 Å². The summed E-state index contributed by atoms with van der Waals surface area (Å²) in [5, 5.41) is 0. The van der Waals surface area contributed by atoms with Crippen LogP contribution in [0.2, 0.25) is 0 Å². The third-order valence-electron chi connectivity index (χ3n) is 4.07. The Morgan fingerprint density at radius 2 is 1.60 bits per heavy atom. The molecule has 0 atom stereocenters. The van der Waals surface area contributed by atoms with Crippen LogP contribution in [0.25, 0.3) is 0 Å². The summed E-state index contributed by atoms with van der Waals surface area (Å²) in [5.74, 6) is 0. The molecule has 1 aliphatic heterocycles. The van der Waals surface area contributed by atoms with E-state index in [1.54, 1.807) is 12.1 Å². The molecule has 0 amide bonds. The Kier molecular flexibility index (Phi) is 3.95. The Bertz CT molecular complexity index is 485. The van der Waals surface area contributed by atoms with E-state index in [0.29, 0.717) is 5.56 Å². The van der Waals surface area contributed by atoms with E-state index in [9.17, 15) is 8.78 Å². The summed E-state index contributed by atoms with van der Waals surface area (Å²) >= 11 is 0. The zero-order valence-corrected chi connectivity index (χ0v) is 12.7. The topological polar surface area (TPSA) is 18.5 Å². The Morgan fingerprint density at radius 1 is 1.05 bits per heavy atom. The van der Waals surface area contributed by atoms with Crippen LogP contribution in [0, 0.1) is 6.92 Å². The van der Waals surface area contributed by atoms with Crippen molar-refractivity contribution in [2.45, 2.75) is 58.7 Å². The summed E-state index contributed by atoms with van der Waals surface area (Å²) in [6.45, 7) is 9.79. The molecule has 0 bridgehead atoms. The number of hydrogen-bond acceptors (Lipinski definition) is 2. The molecule has 110 valence electrons. The fraction of sp³-hybridized carbons (Fsp3) is 0.600. The van der Waals surface area contributed by atoms with Gasteiger partial charge in [0.15, 0.2) is 0 Å². The lowest BCUT2D eigenvalue weighted by Gasteiger charge is -2.32. The lowest BCUT2D eigenvalue weighted by molar-refractivity contribution is 0.00578. The largest absolute Gasteiger partial charge is 0.494 e. The first-order valence-electron chi connectivity index (χ1n) is 6.85. The van der Waals surface area contributed by atoms with E-state index in [1.165, 1.54) is 0 Å². The molecule has 0 aliphatic carbocycles. The number of rotatable bonds is 3. The minimum atomic E-state index is -2.34. The molecule has 0 N–H and O–H groups in total. The smallest absolute Gasteiger partial charge is 0.399 e. The molecule has 5 heteroatoms. The van der Waals surface area contributed by atoms with E-state index in [-0.39, 0.29) is 6.42 Å². The molecule has 2 nitrogen and oxygen atoms in total. The van der Waals surface area contributed by atoms with Crippen LogP contribution in [0.15, 0.2) is 18.2 Å². The Hall–Kier alpha value is -0.935. The molecule has 0 spiro atoms. The maximum absolute atomic E-state index is 12.5. The normalized spacial score (nSPS) is 20.7. The minimum absolute atomic E-state index is 0.242. The first-order chi connectivity index (χ1) is 9.10. The second-order valence-corrected chi connectivity index (χ2v) is 6.44. The highest BCUT2D eigenvalue weighted by atomic mass is 19.3. The second-order valence-electron chi connectivity index (χ2n) is 6.44. The lowest BCUT2D eigenvalue weighted by Crippen LogP contribution is -2.41. The van der Waals surface area contributed by atoms with Gasteiger partial charge in [0.05, 0.1) is 11.2 Å². The van der Waals surface area contributed by atoms with Crippen LogP contribution in [0.3, 0.4) is 0 Å². The maximum atomic E-state index is 12.5. The highest BCUT2D eigenvalue weighted by Crippen LogP contribution is 2.36. The van der Waals surface area contributed by atoms with Gasteiger partial charge in [0.2, 0.25) is 6.43 Å². The molecule has 1 fully saturated rings. The van der Waals surface area contributed by atoms with Gasteiger partial charge in [-0.25, -0.2) is 8.78 Å². The molecule has 1 aromatic rings. The first-order valence-corrected chi connectivity index (χ1v) is 6.85. The Morgan fingerprint density at radius 3 is 2.10 bits per heavy atom. The Labute approximate surface area is 119 Å². The molecular formula is C15H21BF2O2. The van der Waals surface area contributed by atoms with Crippen LogP contribution in [-0.2, 0) is 15.7 Å². The van der Waals surface area contributed by atoms with Gasteiger partial charge in [-0.1, -0.05) is 23.8 Å². The molecule has 2 rings (SSSR count). The van der Waals surface area contributed by atoms with Gasteiger partial charge >= 0.3 is 7.12 Å². The molecular weight excluding hydrogens is 261 g/mol. The number of alkyl halides is 2. The van der Waals surface area contributed by atoms with Gasteiger partial charge < -0.3 is 9.31 Å². The summed E-state index contributed by atoms with van der Waals surface area (Å²) in [6.07, 6.45) is -2.59. The molecule has 20 heavy (non-hydrogen) atoms. The molecule has 0 aromatic heterocycles. The second kappa shape index (κ2) is 5.12. The molecule has 1 aromatic carbocycles. The third-order valence-corrected chi connectivity index (χ3v) is 4.07. The predicted octanol–water partition coefficient (Wildman–Crippen LogP) is 3.10. The van der Waals surface area contributed by atoms with E-state index in [1.807, 2.05) is 40.7 Å². The van der Waals surface area contributed by atoms with Crippen LogP contribution in [-0.4, -0.2) is 24.7 Å². The monoisotopic (exact) mass is 282 g/mol. The average molecular weight is 282 g/mol. The van der Waals surface area contributed by atoms with Gasteiger partial charge in [-0.15, -0.1) is 0 Å². The number of aryl methyl sites for hydroxylation is 1. The van der Waals surface area contributed by atoms with Crippen molar-refractivity contribution in [2.24, 2.45) is 0 Å². The lowest BCUT2D eigenvalue weighted by atomic mass is 9.77. The van der Waals surface area contributed by atoms with E-state index < -0.39 is 24.7 Å². The maximum Gasteiger partial charge on any atom is 0.494 e. The van der Waals surface area contributed by atoms with Crippen LogP contribution < -0.4 is 5.46 Å². The van der Waals surface area contributed by atoms with Crippen LogP contribution in [0.1, 0.15) is 38.8 Å². The van der Waals surface area contributed by atoms with Crippen molar-refractivity contribution < 1.29 is 18.1 Å². The van der Waals surface area contributed by atoms with Gasteiger partial charge in [-0.05, 0) is 45.6 Å².